The lowest BCUT2D eigenvalue weighted by Crippen LogP contribution is -3.00. The summed E-state index contributed by atoms with van der Waals surface area (Å²) in [5.74, 6) is 0. The quantitative estimate of drug-likeness (QED) is 0.365. The minimum atomic E-state index is -0.0666. The van der Waals surface area contributed by atoms with Gasteiger partial charge in [0, 0.05) is 0 Å². The van der Waals surface area contributed by atoms with E-state index in [0.29, 0.717) is 0 Å². The smallest absolute Gasteiger partial charge is 0.334 e. The molecule has 0 spiro atoms. The molecule has 0 aliphatic heterocycles. The lowest BCUT2D eigenvalue weighted by Gasteiger charge is -1.80. The van der Waals surface area contributed by atoms with Gasteiger partial charge in [-0.15, -0.1) is 0 Å². The van der Waals surface area contributed by atoms with Crippen LogP contribution < -0.4 is 34.1 Å². The van der Waals surface area contributed by atoms with Crippen LogP contribution in [0.25, 0.3) is 0 Å². The van der Waals surface area contributed by atoms with E-state index in [4.69, 9.17) is 0 Å². The van der Waals surface area contributed by atoms with Crippen molar-refractivity contribution in [2.75, 3.05) is 0 Å². The van der Waals surface area contributed by atoms with E-state index in [9.17, 15) is 4.79 Å². The second-order valence-electron chi connectivity index (χ2n) is 1.62. The highest BCUT2D eigenvalue weighted by Crippen LogP contribution is 1.55. The summed E-state index contributed by atoms with van der Waals surface area (Å²) >= 11 is 0. The van der Waals surface area contributed by atoms with Crippen LogP contribution in [0.4, 0.5) is 0 Å². The van der Waals surface area contributed by atoms with Crippen LogP contribution in [0.15, 0.2) is 23.4 Å². The average Bonchev–Trinajstić information content (AvgIpc) is 1.77. The highest BCUT2D eigenvalue weighted by molar-refractivity contribution is 4.71. The van der Waals surface area contributed by atoms with Crippen LogP contribution in [0.3, 0.4) is 0 Å². The lowest BCUT2D eigenvalue weighted by atomic mass is 10.6. The summed E-state index contributed by atoms with van der Waals surface area (Å²) in [6.07, 6.45) is 3.29. The molecule has 1 rings (SSSR count). The number of nitrogens with zero attached hydrogens (tertiary/aromatic N) is 1. The number of halogens is 1. The van der Waals surface area contributed by atoms with E-state index in [1.54, 1.807) is 17.1 Å². The Morgan fingerprint density at radius 2 is 2.33 bits per heavy atom. The first-order valence-electron chi connectivity index (χ1n) is 2.33. The molecule has 1 N–H and O–H groups in total. The Morgan fingerprint density at radius 1 is 1.67 bits per heavy atom. The van der Waals surface area contributed by atoms with Gasteiger partial charge in [-0.1, -0.05) is 0 Å². The molecule has 0 saturated carbocycles. The van der Waals surface area contributed by atoms with Crippen molar-refractivity contribution in [3.8, 4) is 0 Å². The Balaban J connectivity index is 0.000000640. The number of rotatable bonds is 0. The van der Waals surface area contributed by atoms with Gasteiger partial charge >= 0.3 is 5.56 Å². The van der Waals surface area contributed by atoms with Gasteiger partial charge in [-0.05, 0) is 0 Å². The second-order valence-corrected chi connectivity index (χ2v) is 1.62. The highest BCUT2D eigenvalue weighted by Gasteiger charge is 1.84. The zero-order valence-corrected chi connectivity index (χ0v) is 7.12. The van der Waals surface area contributed by atoms with Gasteiger partial charge in [0.05, 0.1) is 19.3 Å². The van der Waals surface area contributed by atoms with E-state index < -0.39 is 0 Å². The van der Waals surface area contributed by atoms with E-state index in [1.165, 1.54) is 6.07 Å². The van der Waals surface area contributed by atoms with E-state index in [1.807, 2.05) is 7.05 Å². The number of hydrogen-bond donors (Lipinski definition) is 1. The number of H-pyrrole nitrogens is 1. The number of aryl methyl sites for hydroxylation is 1. The lowest BCUT2D eigenvalue weighted by molar-refractivity contribution is -0.674. The third-order valence-corrected chi connectivity index (χ3v) is 0.871. The largest absolute Gasteiger partial charge is 1.00 e. The van der Waals surface area contributed by atoms with Crippen LogP contribution >= 0.6 is 0 Å². The molecule has 50 valence electrons. The fourth-order valence-corrected chi connectivity index (χ4v) is 0.442. The van der Waals surface area contributed by atoms with E-state index >= 15 is 0 Å². The molecule has 0 atom stereocenters. The van der Waals surface area contributed by atoms with Crippen molar-refractivity contribution in [3.05, 3.63) is 28.9 Å². The zero-order chi connectivity index (χ0) is 5.98. The topological polar surface area (TPSA) is 36.7 Å². The summed E-state index contributed by atoms with van der Waals surface area (Å²) in [5.41, 5.74) is -0.0666. The number of nitrogens with one attached hydrogen (secondary N) is 1. The molecule has 0 unspecified atom stereocenters. The van der Waals surface area contributed by atoms with Gasteiger partial charge in [-0.2, -0.15) is 0 Å². The molecule has 0 bridgehead atoms. The van der Waals surface area contributed by atoms with Crippen LogP contribution in [-0.2, 0) is 7.05 Å². The molecule has 1 heterocycles. The van der Waals surface area contributed by atoms with Gasteiger partial charge in [-0.25, -0.2) is 14.3 Å². The molecule has 0 saturated heterocycles. The molecule has 9 heavy (non-hydrogen) atoms. The minimum Gasteiger partial charge on any atom is -1.00 e. The van der Waals surface area contributed by atoms with Crippen molar-refractivity contribution in [1.29, 1.82) is 0 Å². The number of hydrogen-bond acceptors (Lipinski definition) is 1. The molecule has 0 aliphatic rings. The van der Waals surface area contributed by atoms with Gasteiger partial charge < -0.3 is 24.0 Å². The average molecular weight is 238 g/mol. The molecule has 0 fully saturated rings. The van der Waals surface area contributed by atoms with Gasteiger partial charge in [-0.3, -0.25) is 0 Å². The van der Waals surface area contributed by atoms with E-state index in [0.717, 1.165) is 0 Å². The van der Waals surface area contributed by atoms with Gasteiger partial charge in [0.25, 0.3) is 0 Å². The molecule has 0 aliphatic carbocycles. The Morgan fingerprint density at radius 3 is 2.67 bits per heavy atom. The maximum atomic E-state index is 10.4. The van der Waals surface area contributed by atoms with Crippen LogP contribution in [-0.4, -0.2) is 4.98 Å². The maximum Gasteiger partial charge on any atom is 0.334 e. The Hall–Kier alpha value is -0.390. The number of aromatic amines is 1. The fraction of sp³-hybridized carbons (Fsp3) is 0.200. The Labute approximate surface area is 69.8 Å². The maximum absolute atomic E-state index is 10.4. The van der Waals surface area contributed by atoms with Crippen molar-refractivity contribution < 1.29 is 28.5 Å². The summed E-state index contributed by atoms with van der Waals surface area (Å²) < 4.78 is 1.77. The molecule has 0 aromatic carbocycles. The standard InChI is InChI=1S/C5H6N2O.HI/c1-7-3-2-5(8)6-4-7;/h2-4H,1H3;1H. The Kier molecular flexibility index (Phi) is 3.44. The zero-order valence-electron chi connectivity index (χ0n) is 4.97. The van der Waals surface area contributed by atoms with Gasteiger partial charge in [0.2, 0.25) is 6.33 Å². The molecule has 1 aromatic rings. The number of aromatic nitrogens is 2. The van der Waals surface area contributed by atoms with Crippen molar-refractivity contribution in [2.45, 2.75) is 0 Å². The van der Waals surface area contributed by atoms with Crippen LogP contribution in [0, 0.1) is 0 Å². The van der Waals surface area contributed by atoms with Crippen molar-refractivity contribution in [2.24, 2.45) is 7.05 Å². The first-order chi connectivity index (χ1) is 3.79. The van der Waals surface area contributed by atoms with Crippen LogP contribution in [0.2, 0.25) is 0 Å². The predicted molar refractivity (Wildman–Crippen MR) is 28.2 cm³/mol. The van der Waals surface area contributed by atoms with Crippen LogP contribution in [0.1, 0.15) is 0 Å². The molecule has 3 nitrogen and oxygen atoms in total. The monoisotopic (exact) mass is 238 g/mol. The summed E-state index contributed by atoms with van der Waals surface area (Å²) in [6, 6.07) is 1.47. The first-order valence-corrected chi connectivity index (χ1v) is 2.33. The fourth-order valence-electron chi connectivity index (χ4n) is 0.442. The van der Waals surface area contributed by atoms with Crippen molar-refractivity contribution in [1.82, 2.24) is 4.98 Å². The van der Waals surface area contributed by atoms with Gasteiger partial charge in [0.1, 0.15) is 0 Å². The highest BCUT2D eigenvalue weighted by atomic mass is 127. The summed E-state index contributed by atoms with van der Waals surface area (Å²) in [4.78, 5) is 12.9. The predicted octanol–water partition coefficient (Wildman–Crippen LogP) is -3.80. The third-order valence-electron chi connectivity index (χ3n) is 0.871. The molecule has 1 aromatic heterocycles. The van der Waals surface area contributed by atoms with E-state index in [-0.39, 0.29) is 29.5 Å². The molecular formula is C5H7IN2O. The molecule has 0 radical (unpaired) electrons. The molecule has 0 amide bonds. The minimum absolute atomic E-state index is 0. The van der Waals surface area contributed by atoms with Crippen LogP contribution in [0.5, 0.6) is 0 Å². The van der Waals surface area contributed by atoms with Gasteiger partial charge in [0.15, 0.2) is 0 Å². The SMILES string of the molecule is C[n+]1ccc(=O)[nH]c1.[I-]. The van der Waals surface area contributed by atoms with Crippen molar-refractivity contribution >= 4 is 0 Å². The molecule has 4 heteroatoms. The first kappa shape index (κ1) is 8.61. The third kappa shape index (κ3) is 2.59. The molecular weight excluding hydrogens is 231 g/mol. The second kappa shape index (κ2) is 3.60. The summed E-state index contributed by atoms with van der Waals surface area (Å²) in [6.45, 7) is 0. The van der Waals surface area contributed by atoms with E-state index in [2.05, 4.69) is 4.98 Å². The summed E-state index contributed by atoms with van der Waals surface area (Å²) in [5, 5.41) is 0. The summed E-state index contributed by atoms with van der Waals surface area (Å²) in [7, 11) is 1.84. The Bertz CT molecular complexity index is 212. The van der Waals surface area contributed by atoms with Crippen molar-refractivity contribution in [3.63, 3.8) is 0 Å². The normalized spacial score (nSPS) is 8.11.